The molecule has 0 radical (unpaired) electrons. The number of benzene rings is 2. The average Bonchev–Trinajstić information content (AvgIpc) is 2.75. The molecule has 2 aromatic rings. The van der Waals surface area contributed by atoms with Gasteiger partial charge in [0.05, 0.1) is 28.4 Å². The molecule has 0 spiro atoms. The van der Waals surface area contributed by atoms with E-state index in [1.54, 1.807) is 43.5 Å². The normalized spacial score (nSPS) is 10.4. The molecule has 0 amide bonds. The first-order valence-electron chi connectivity index (χ1n) is 8.34. The fourth-order valence-corrected chi connectivity index (χ4v) is 2.39. The highest BCUT2D eigenvalue weighted by Crippen LogP contribution is 2.35. The van der Waals surface area contributed by atoms with Crippen LogP contribution in [0.4, 0.5) is 0 Å². The van der Waals surface area contributed by atoms with Crippen LogP contribution in [-0.2, 0) is 9.53 Å². The summed E-state index contributed by atoms with van der Waals surface area (Å²) >= 11 is 0. The third-order valence-electron chi connectivity index (χ3n) is 3.89. The average molecular weight is 386 g/mol. The van der Waals surface area contributed by atoms with Crippen LogP contribution in [0, 0.1) is 0 Å². The van der Waals surface area contributed by atoms with E-state index in [0.717, 1.165) is 0 Å². The van der Waals surface area contributed by atoms with Crippen molar-refractivity contribution in [2.24, 2.45) is 0 Å². The second-order valence-corrected chi connectivity index (χ2v) is 5.54. The Morgan fingerprint density at radius 2 is 1.43 bits per heavy atom. The SMILES string of the molecule is COc1ccc(C(=O)COC(=O)/C=C/c2cc(OC)c(OC)cc2OC)cc1. The Hall–Kier alpha value is -3.48. The molecule has 0 saturated heterocycles. The maximum Gasteiger partial charge on any atom is 0.331 e. The molecular weight excluding hydrogens is 364 g/mol. The highest BCUT2D eigenvalue weighted by atomic mass is 16.5. The molecule has 7 heteroatoms. The van der Waals surface area contributed by atoms with E-state index in [9.17, 15) is 9.59 Å². The predicted octanol–water partition coefficient (Wildman–Crippen LogP) is 3.16. The third kappa shape index (κ3) is 5.26. The minimum absolute atomic E-state index is 0.312. The van der Waals surface area contributed by atoms with Crippen LogP contribution >= 0.6 is 0 Å². The number of carbonyl (C=O) groups is 2. The smallest absolute Gasteiger partial charge is 0.331 e. The van der Waals surface area contributed by atoms with E-state index in [2.05, 4.69) is 0 Å². The number of esters is 1. The van der Waals surface area contributed by atoms with Crippen LogP contribution < -0.4 is 18.9 Å². The molecule has 0 saturated carbocycles. The number of methoxy groups -OCH3 is 4. The molecule has 2 aromatic carbocycles. The summed E-state index contributed by atoms with van der Waals surface area (Å²) in [6, 6.07) is 9.87. The van der Waals surface area contributed by atoms with Crippen LogP contribution in [0.15, 0.2) is 42.5 Å². The van der Waals surface area contributed by atoms with E-state index in [1.807, 2.05) is 0 Å². The molecule has 0 aliphatic rings. The maximum absolute atomic E-state index is 12.1. The van der Waals surface area contributed by atoms with Crippen molar-refractivity contribution in [3.63, 3.8) is 0 Å². The van der Waals surface area contributed by atoms with Gasteiger partial charge in [0.1, 0.15) is 11.5 Å². The van der Waals surface area contributed by atoms with Gasteiger partial charge in [0.15, 0.2) is 23.9 Å². The summed E-state index contributed by atoms with van der Waals surface area (Å²) in [5.74, 6) is 1.17. The monoisotopic (exact) mass is 386 g/mol. The molecule has 148 valence electrons. The van der Waals surface area contributed by atoms with Crippen LogP contribution in [0.25, 0.3) is 6.08 Å². The summed E-state index contributed by atoms with van der Waals surface area (Å²) in [5, 5.41) is 0. The largest absolute Gasteiger partial charge is 0.497 e. The predicted molar refractivity (Wildman–Crippen MR) is 103 cm³/mol. The van der Waals surface area contributed by atoms with Crippen LogP contribution in [0.2, 0.25) is 0 Å². The van der Waals surface area contributed by atoms with Gasteiger partial charge in [0, 0.05) is 23.3 Å². The van der Waals surface area contributed by atoms with Crippen LogP contribution in [0.5, 0.6) is 23.0 Å². The lowest BCUT2D eigenvalue weighted by atomic mass is 10.1. The Morgan fingerprint density at radius 3 is 2.00 bits per heavy atom. The minimum atomic E-state index is -0.654. The number of Topliss-reactive ketones (excluding diaryl/α,β-unsaturated/α-hetero) is 1. The molecule has 0 atom stereocenters. The van der Waals surface area contributed by atoms with E-state index in [-0.39, 0.29) is 12.4 Å². The number of rotatable bonds is 9. The summed E-state index contributed by atoms with van der Waals surface area (Å²) in [5.41, 5.74) is 1.03. The van der Waals surface area contributed by atoms with Crippen molar-refractivity contribution in [3.8, 4) is 23.0 Å². The summed E-state index contributed by atoms with van der Waals surface area (Å²) < 4.78 is 25.8. The minimum Gasteiger partial charge on any atom is -0.497 e. The Kier molecular flexibility index (Phi) is 7.45. The van der Waals surface area contributed by atoms with Crippen molar-refractivity contribution >= 4 is 17.8 Å². The Labute approximate surface area is 163 Å². The van der Waals surface area contributed by atoms with Gasteiger partial charge in [-0.3, -0.25) is 4.79 Å². The van der Waals surface area contributed by atoms with Crippen LogP contribution in [0.1, 0.15) is 15.9 Å². The highest BCUT2D eigenvalue weighted by Gasteiger charge is 2.11. The topological polar surface area (TPSA) is 80.3 Å². The van der Waals surface area contributed by atoms with E-state index in [1.165, 1.54) is 33.5 Å². The van der Waals surface area contributed by atoms with Crippen LogP contribution in [0.3, 0.4) is 0 Å². The summed E-state index contributed by atoms with van der Waals surface area (Å²) in [6.07, 6.45) is 2.73. The van der Waals surface area contributed by atoms with E-state index >= 15 is 0 Å². The van der Waals surface area contributed by atoms with Crippen molar-refractivity contribution in [1.82, 2.24) is 0 Å². The standard InChI is InChI=1S/C21H22O7/c1-24-16-8-5-14(6-9-16)17(22)13-28-21(23)10-7-15-11-19(26-3)20(27-4)12-18(15)25-2/h5-12H,13H2,1-4H3/b10-7+. The molecule has 0 heterocycles. The molecule has 0 bridgehead atoms. The first-order chi connectivity index (χ1) is 13.5. The van der Waals surface area contributed by atoms with Crippen molar-refractivity contribution in [1.29, 1.82) is 0 Å². The van der Waals surface area contributed by atoms with Gasteiger partial charge in [-0.1, -0.05) is 0 Å². The zero-order chi connectivity index (χ0) is 20.5. The quantitative estimate of drug-likeness (QED) is 0.372. The highest BCUT2D eigenvalue weighted by molar-refractivity contribution is 5.99. The first kappa shape index (κ1) is 20.8. The van der Waals surface area contributed by atoms with Crippen molar-refractivity contribution < 1.29 is 33.3 Å². The summed E-state index contributed by atoms with van der Waals surface area (Å²) in [4.78, 5) is 24.0. The van der Waals surface area contributed by atoms with Gasteiger partial charge in [-0.05, 0) is 36.4 Å². The summed E-state index contributed by atoms with van der Waals surface area (Å²) in [6.45, 7) is -0.363. The fraction of sp³-hybridized carbons (Fsp3) is 0.238. The lowest BCUT2D eigenvalue weighted by Crippen LogP contribution is -2.12. The van der Waals surface area contributed by atoms with Gasteiger partial charge in [-0.25, -0.2) is 4.79 Å². The van der Waals surface area contributed by atoms with Crippen molar-refractivity contribution in [2.45, 2.75) is 0 Å². The molecule has 0 N–H and O–H groups in total. The number of ketones is 1. The van der Waals surface area contributed by atoms with E-state index in [4.69, 9.17) is 23.7 Å². The van der Waals surface area contributed by atoms with Gasteiger partial charge >= 0.3 is 5.97 Å². The molecule has 0 aromatic heterocycles. The van der Waals surface area contributed by atoms with Crippen molar-refractivity contribution in [2.75, 3.05) is 35.0 Å². The number of hydrogen-bond acceptors (Lipinski definition) is 7. The van der Waals surface area contributed by atoms with Crippen LogP contribution in [-0.4, -0.2) is 46.8 Å². The Balaban J connectivity index is 2.02. The van der Waals surface area contributed by atoms with Gasteiger partial charge < -0.3 is 23.7 Å². The number of hydrogen-bond donors (Lipinski definition) is 0. The molecule has 0 aliphatic heterocycles. The maximum atomic E-state index is 12.1. The van der Waals surface area contributed by atoms with E-state index < -0.39 is 5.97 Å². The molecule has 7 nitrogen and oxygen atoms in total. The zero-order valence-electron chi connectivity index (χ0n) is 16.2. The van der Waals surface area contributed by atoms with Gasteiger partial charge in [-0.15, -0.1) is 0 Å². The van der Waals surface area contributed by atoms with Crippen molar-refractivity contribution in [3.05, 3.63) is 53.6 Å². The second kappa shape index (κ2) is 10.0. The third-order valence-corrected chi connectivity index (χ3v) is 3.89. The lowest BCUT2D eigenvalue weighted by molar-refractivity contribution is -0.136. The van der Waals surface area contributed by atoms with Gasteiger partial charge in [-0.2, -0.15) is 0 Å². The molecule has 0 fully saturated rings. The molecule has 0 aliphatic carbocycles. The lowest BCUT2D eigenvalue weighted by Gasteiger charge is -2.12. The van der Waals surface area contributed by atoms with Gasteiger partial charge in [0.2, 0.25) is 0 Å². The van der Waals surface area contributed by atoms with Gasteiger partial charge in [0.25, 0.3) is 0 Å². The summed E-state index contributed by atoms with van der Waals surface area (Å²) in [7, 11) is 6.07. The Bertz CT molecular complexity index is 854. The number of carbonyl (C=O) groups excluding carboxylic acids is 2. The second-order valence-electron chi connectivity index (χ2n) is 5.54. The molecule has 0 unspecified atom stereocenters. The fourth-order valence-electron chi connectivity index (χ4n) is 2.39. The molecular formula is C21H22O7. The van der Waals surface area contributed by atoms with E-state index in [0.29, 0.717) is 34.1 Å². The number of ether oxygens (including phenoxy) is 5. The molecule has 2 rings (SSSR count). The molecule has 28 heavy (non-hydrogen) atoms. The zero-order valence-corrected chi connectivity index (χ0v) is 16.2. The first-order valence-corrected chi connectivity index (χ1v) is 8.34. The Morgan fingerprint density at radius 1 is 0.821 bits per heavy atom.